The van der Waals surface area contributed by atoms with Gasteiger partial charge < -0.3 is 9.88 Å². The summed E-state index contributed by atoms with van der Waals surface area (Å²) in [4.78, 5) is 21.6. The first kappa shape index (κ1) is 15.8. The molecule has 0 radical (unpaired) electrons. The van der Waals surface area contributed by atoms with E-state index in [-0.39, 0.29) is 18.0 Å². The topological polar surface area (TPSA) is 77.6 Å². The molecule has 3 aromatic rings. The number of nitrogens with one attached hydrogen (secondary N) is 1. The third-order valence-electron chi connectivity index (χ3n) is 4.63. The molecular formula is C18H22N6O. The minimum absolute atomic E-state index is 0.0861. The van der Waals surface area contributed by atoms with Gasteiger partial charge in [0.15, 0.2) is 5.65 Å². The smallest absolute Gasteiger partial charge is 0.253 e. The van der Waals surface area contributed by atoms with E-state index in [0.29, 0.717) is 5.56 Å². The summed E-state index contributed by atoms with van der Waals surface area (Å²) in [5.41, 5.74) is 2.41. The van der Waals surface area contributed by atoms with Gasteiger partial charge in [-0.3, -0.25) is 4.79 Å². The van der Waals surface area contributed by atoms with Gasteiger partial charge in [-0.25, -0.2) is 14.6 Å². The monoisotopic (exact) mass is 338 g/mol. The van der Waals surface area contributed by atoms with Crippen molar-refractivity contribution in [3.8, 4) is 0 Å². The van der Waals surface area contributed by atoms with Gasteiger partial charge in [-0.15, -0.1) is 0 Å². The largest absolute Gasteiger partial charge is 0.347 e. The van der Waals surface area contributed by atoms with Crippen molar-refractivity contribution < 1.29 is 4.79 Å². The van der Waals surface area contributed by atoms with Crippen LogP contribution >= 0.6 is 0 Å². The van der Waals surface area contributed by atoms with Crippen molar-refractivity contribution in [2.45, 2.75) is 52.2 Å². The van der Waals surface area contributed by atoms with E-state index >= 15 is 0 Å². The quantitative estimate of drug-likeness (QED) is 0.795. The molecule has 4 rings (SSSR count). The number of nitrogens with zero attached hydrogens (tertiary/aromatic N) is 5. The Morgan fingerprint density at radius 2 is 2.20 bits per heavy atom. The van der Waals surface area contributed by atoms with Crippen LogP contribution in [0.2, 0.25) is 0 Å². The van der Waals surface area contributed by atoms with Gasteiger partial charge in [-0.05, 0) is 33.3 Å². The first-order valence-electron chi connectivity index (χ1n) is 8.68. The molecule has 7 nitrogen and oxygen atoms in total. The number of carbonyl (C=O) groups excluding carboxylic acids is 1. The summed E-state index contributed by atoms with van der Waals surface area (Å²) in [5.74, 6) is 1.02. The number of aromatic nitrogens is 5. The molecule has 1 N–H and O–H groups in total. The van der Waals surface area contributed by atoms with Gasteiger partial charge in [0.1, 0.15) is 5.82 Å². The molecule has 1 amide bonds. The molecule has 0 bridgehead atoms. The van der Waals surface area contributed by atoms with Crippen molar-refractivity contribution in [2.24, 2.45) is 0 Å². The Hall–Kier alpha value is -2.70. The number of imidazole rings is 1. The molecule has 130 valence electrons. The molecule has 7 heteroatoms. The number of pyridine rings is 1. The summed E-state index contributed by atoms with van der Waals surface area (Å²) >= 11 is 0. The molecule has 1 atom stereocenters. The zero-order valence-corrected chi connectivity index (χ0v) is 14.7. The maximum Gasteiger partial charge on any atom is 0.253 e. The standard InChI is InChI=1S/C18H22N6O/c1-11(2)24-17-13(8-20-24)6-14(7-19-17)18(25)22-15-4-5-16-21-12(3)9-23(16)10-15/h6-9,11,15H,4-5,10H2,1-3H3,(H,22,25). The van der Waals surface area contributed by atoms with Crippen LogP contribution in [0, 0.1) is 6.92 Å². The Balaban J connectivity index is 1.51. The summed E-state index contributed by atoms with van der Waals surface area (Å²) in [7, 11) is 0. The highest BCUT2D eigenvalue weighted by atomic mass is 16.1. The summed E-state index contributed by atoms with van der Waals surface area (Å²) in [6, 6.07) is 2.21. The van der Waals surface area contributed by atoms with E-state index in [1.54, 1.807) is 12.4 Å². The second-order valence-corrected chi connectivity index (χ2v) is 6.98. The number of carbonyl (C=O) groups is 1. The van der Waals surface area contributed by atoms with Crippen LogP contribution in [0.5, 0.6) is 0 Å². The molecule has 0 aliphatic carbocycles. The van der Waals surface area contributed by atoms with E-state index in [4.69, 9.17) is 0 Å². The Kier molecular flexibility index (Phi) is 3.78. The highest BCUT2D eigenvalue weighted by molar-refractivity contribution is 5.97. The molecular weight excluding hydrogens is 316 g/mol. The van der Waals surface area contributed by atoms with E-state index in [0.717, 1.165) is 41.9 Å². The average Bonchev–Trinajstić information content (AvgIpc) is 3.15. The van der Waals surface area contributed by atoms with E-state index < -0.39 is 0 Å². The summed E-state index contributed by atoms with van der Waals surface area (Å²) in [5, 5.41) is 8.36. The normalized spacial score (nSPS) is 17.0. The number of aryl methyl sites for hydroxylation is 2. The maximum absolute atomic E-state index is 12.6. The first-order chi connectivity index (χ1) is 12.0. The molecule has 0 fully saturated rings. The van der Waals surface area contributed by atoms with Gasteiger partial charge in [-0.1, -0.05) is 0 Å². The van der Waals surface area contributed by atoms with Gasteiger partial charge in [0.05, 0.1) is 17.5 Å². The minimum Gasteiger partial charge on any atom is -0.347 e. The minimum atomic E-state index is -0.0861. The van der Waals surface area contributed by atoms with Crippen LogP contribution in [0.3, 0.4) is 0 Å². The molecule has 0 aromatic carbocycles. The van der Waals surface area contributed by atoms with Crippen molar-refractivity contribution in [2.75, 3.05) is 0 Å². The lowest BCUT2D eigenvalue weighted by atomic mass is 10.1. The average molecular weight is 338 g/mol. The highest BCUT2D eigenvalue weighted by Gasteiger charge is 2.22. The van der Waals surface area contributed by atoms with Crippen molar-refractivity contribution in [1.82, 2.24) is 29.6 Å². The second-order valence-electron chi connectivity index (χ2n) is 6.98. The van der Waals surface area contributed by atoms with Crippen LogP contribution in [0.1, 0.15) is 48.2 Å². The number of fused-ring (bicyclic) bond motifs is 2. The third kappa shape index (κ3) is 2.90. The molecule has 25 heavy (non-hydrogen) atoms. The van der Waals surface area contributed by atoms with Crippen molar-refractivity contribution in [3.05, 3.63) is 41.7 Å². The fourth-order valence-corrected chi connectivity index (χ4v) is 3.42. The van der Waals surface area contributed by atoms with Crippen molar-refractivity contribution in [1.29, 1.82) is 0 Å². The van der Waals surface area contributed by atoms with E-state index in [1.807, 2.05) is 23.9 Å². The zero-order valence-electron chi connectivity index (χ0n) is 14.7. The number of rotatable bonds is 3. The molecule has 1 aliphatic rings. The van der Waals surface area contributed by atoms with Gasteiger partial charge in [-0.2, -0.15) is 5.10 Å². The summed E-state index contributed by atoms with van der Waals surface area (Å²) < 4.78 is 4.00. The van der Waals surface area contributed by atoms with Crippen LogP contribution in [0.25, 0.3) is 11.0 Å². The van der Waals surface area contributed by atoms with Crippen LogP contribution in [0.4, 0.5) is 0 Å². The lowest BCUT2D eigenvalue weighted by Gasteiger charge is -2.24. The molecule has 1 unspecified atom stereocenters. The Morgan fingerprint density at radius 3 is 3.00 bits per heavy atom. The van der Waals surface area contributed by atoms with E-state index in [1.165, 1.54) is 0 Å². The third-order valence-corrected chi connectivity index (χ3v) is 4.63. The summed E-state index contributed by atoms with van der Waals surface area (Å²) in [6.45, 7) is 6.88. The predicted octanol–water partition coefficient (Wildman–Crippen LogP) is 2.26. The molecule has 0 saturated carbocycles. The van der Waals surface area contributed by atoms with Gasteiger partial charge in [0, 0.05) is 42.8 Å². The molecule has 3 aromatic heterocycles. The molecule has 4 heterocycles. The van der Waals surface area contributed by atoms with Crippen molar-refractivity contribution >= 4 is 16.9 Å². The highest BCUT2D eigenvalue weighted by Crippen LogP contribution is 2.18. The van der Waals surface area contributed by atoms with Gasteiger partial charge >= 0.3 is 0 Å². The van der Waals surface area contributed by atoms with Crippen molar-refractivity contribution in [3.63, 3.8) is 0 Å². The Bertz CT molecular complexity index is 938. The SMILES string of the molecule is Cc1cn2c(n1)CCC(NC(=O)c1cnc3c(cnn3C(C)C)c1)C2. The fraction of sp³-hybridized carbons (Fsp3) is 0.444. The number of hydrogen-bond donors (Lipinski definition) is 1. The maximum atomic E-state index is 12.6. The molecule has 0 saturated heterocycles. The predicted molar refractivity (Wildman–Crippen MR) is 94.5 cm³/mol. The van der Waals surface area contributed by atoms with Gasteiger partial charge in [0.25, 0.3) is 5.91 Å². The van der Waals surface area contributed by atoms with Gasteiger partial charge in [0.2, 0.25) is 0 Å². The zero-order chi connectivity index (χ0) is 17.6. The second kappa shape index (κ2) is 5.98. The van der Waals surface area contributed by atoms with Crippen LogP contribution in [0.15, 0.2) is 24.7 Å². The Morgan fingerprint density at radius 1 is 1.36 bits per heavy atom. The Labute approximate surface area is 146 Å². The van der Waals surface area contributed by atoms with Crippen LogP contribution in [-0.2, 0) is 13.0 Å². The fourth-order valence-electron chi connectivity index (χ4n) is 3.42. The van der Waals surface area contributed by atoms with E-state index in [2.05, 4.69) is 38.8 Å². The lowest BCUT2D eigenvalue weighted by Crippen LogP contribution is -2.40. The molecule has 1 aliphatic heterocycles. The first-order valence-corrected chi connectivity index (χ1v) is 8.68. The lowest BCUT2D eigenvalue weighted by molar-refractivity contribution is 0.0927. The van der Waals surface area contributed by atoms with Crippen LogP contribution in [-0.4, -0.2) is 36.3 Å². The van der Waals surface area contributed by atoms with Crippen LogP contribution < -0.4 is 5.32 Å². The number of hydrogen-bond acceptors (Lipinski definition) is 4. The number of amides is 1. The summed E-state index contributed by atoms with van der Waals surface area (Å²) in [6.07, 6.45) is 7.23. The van der Waals surface area contributed by atoms with E-state index in [9.17, 15) is 4.79 Å². The molecule has 0 spiro atoms.